The number of para-hydroxylation sites is 1. The first-order chi connectivity index (χ1) is 11.1. The van der Waals surface area contributed by atoms with Crippen molar-refractivity contribution in [2.45, 2.75) is 13.8 Å². The summed E-state index contributed by atoms with van der Waals surface area (Å²) in [6.45, 7) is 4.55. The molecule has 1 amide bonds. The molecule has 4 nitrogen and oxygen atoms in total. The zero-order valence-corrected chi connectivity index (χ0v) is 13.6. The van der Waals surface area contributed by atoms with E-state index in [0.29, 0.717) is 12.3 Å². The molecule has 23 heavy (non-hydrogen) atoms. The molecule has 0 atom stereocenters. The van der Waals surface area contributed by atoms with E-state index in [4.69, 9.17) is 4.74 Å². The van der Waals surface area contributed by atoms with Crippen LogP contribution in [0.3, 0.4) is 0 Å². The predicted molar refractivity (Wildman–Crippen MR) is 93.2 cm³/mol. The molecule has 0 aliphatic heterocycles. The molecule has 0 radical (unpaired) electrons. The molecule has 1 N–H and O–H groups in total. The van der Waals surface area contributed by atoms with Gasteiger partial charge in [-0.1, -0.05) is 18.2 Å². The van der Waals surface area contributed by atoms with Crippen molar-refractivity contribution < 1.29 is 9.53 Å². The van der Waals surface area contributed by atoms with Crippen molar-refractivity contribution >= 4 is 22.5 Å². The van der Waals surface area contributed by atoms with E-state index in [1.165, 1.54) is 0 Å². The number of ether oxygens (including phenoxy) is 1. The number of carbonyl (C=O) groups is 1. The topological polar surface area (TPSA) is 43.3 Å². The van der Waals surface area contributed by atoms with Gasteiger partial charge in [0.25, 0.3) is 5.91 Å². The first kappa shape index (κ1) is 15.2. The van der Waals surface area contributed by atoms with Gasteiger partial charge < -0.3 is 14.6 Å². The maximum absolute atomic E-state index is 12.7. The molecule has 1 aromatic heterocycles. The van der Waals surface area contributed by atoms with E-state index in [1.807, 2.05) is 74.0 Å². The lowest BCUT2D eigenvalue weighted by Gasteiger charge is -2.09. The van der Waals surface area contributed by atoms with Crippen LogP contribution in [0.25, 0.3) is 10.9 Å². The van der Waals surface area contributed by atoms with Crippen molar-refractivity contribution in [2.24, 2.45) is 7.05 Å². The van der Waals surface area contributed by atoms with E-state index >= 15 is 0 Å². The van der Waals surface area contributed by atoms with Crippen molar-refractivity contribution in [3.63, 3.8) is 0 Å². The molecular weight excluding hydrogens is 288 g/mol. The summed E-state index contributed by atoms with van der Waals surface area (Å²) in [6.07, 6.45) is 0. The van der Waals surface area contributed by atoms with Gasteiger partial charge in [-0.2, -0.15) is 0 Å². The van der Waals surface area contributed by atoms with Crippen molar-refractivity contribution in [3.8, 4) is 5.75 Å². The number of nitrogens with one attached hydrogen (secondary N) is 1. The monoisotopic (exact) mass is 308 g/mol. The number of fused-ring (bicyclic) bond motifs is 1. The first-order valence-electron chi connectivity index (χ1n) is 7.70. The second-order valence-corrected chi connectivity index (χ2v) is 5.46. The van der Waals surface area contributed by atoms with E-state index in [-0.39, 0.29) is 5.91 Å². The van der Waals surface area contributed by atoms with Crippen LogP contribution >= 0.6 is 0 Å². The van der Waals surface area contributed by atoms with Crippen LogP contribution in [0.4, 0.5) is 5.69 Å². The summed E-state index contributed by atoms with van der Waals surface area (Å²) in [5.74, 6) is 0.691. The van der Waals surface area contributed by atoms with Gasteiger partial charge in [0.05, 0.1) is 6.61 Å². The number of nitrogens with zero attached hydrogens (tertiary/aromatic N) is 1. The minimum absolute atomic E-state index is 0.106. The van der Waals surface area contributed by atoms with E-state index in [2.05, 4.69) is 5.32 Å². The Labute approximate surface area is 135 Å². The molecule has 3 aromatic rings. The number of carbonyl (C=O) groups excluding carboxylic acids is 1. The van der Waals surface area contributed by atoms with Gasteiger partial charge in [0.15, 0.2) is 0 Å². The lowest BCUT2D eigenvalue weighted by atomic mass is 10.1. The second-order valence-electron chi connectivity index (χ2n) is 5.46. The molecule has 0 aliphatic carbocycles. The zero-order valence-electron chi connectivity index (χ0n) is 13.6. The van der Waals surface area contributed by atoms with E-state index in [0.717, 1.165) is 27.9 Å². The normalized spacial score (nSPS) is 10.7. The summed E-state index contributed by atoms with van der Waals surface area (Å²) in [6, 6.07) is 15.4. The molecule has 0 bridgehead atoms. The molecule has 0 fully saturated rings. The van der Waals surface area contributed by atoms with Crippen LogP contribution in [0.15, 0.2) is 48.5 Å². The Bertz CT molecular complexity index is 809. The van der Waals surface area contributed by atoms with E-state index in [9.17, 15) is 4.79 Å². The first-order valence-corrected chi connectivity index (χ1v) is 7.70. The highest BCUT2D eigenvalue weighted by atomic mass is 16.5. The molecule has 1 heterocycles. The molecule has 0 aliphatic rings. The highest BCUT2D eigenvalue weighted by molar-refractivity contribution is 6.08. The van der Waals surface area contributed by atoms with Crippen molar-refractivity contribution in [3.05, 3.63) is 59.8 Å². The minimum Gasteiger partial charge on any atom is -0.494 e. The van der Waals surface area contributed by atoms with E-state index < -0.39 is 0 Å². The van der Waals surface area contributed by atoms with Crippen LogP contribution in [-0.4, -0.2) is 17.1 Å². The fraction of sp³-hybridized carbons (Fsp3) is 0.211. The predicted octanol–water partition coefficient (Wildman–Crippen LogP) is 4.14. The third-order valence-electron chi connectivity index (χ3n) is 4.00. The number of aromatic nitrogens is 1. The molecule has 118 valence electrons. The Morgan fingerprint density at radius 2 is 1.83 bits per heavy atom. The number of rotatable bonds is 4. The van der Waals surface area contributed by atoms with Gasteiger partial charge in [-0.3, -0.25) is 4.79 Å². The van der Waals surface area contributed by atoms with Gasteiger partial charge in [0.1, 0.15) is 11.4 Å². The fourth-order valence-electron chi connectivity index (χ4n) is 2.90. The standard InChI is InChI=1S/C19H20N2O2/c1-4-23-15-11-9-14(10-12-15)20-19(22)18-13(2)16-7-5-6-8-17(16)21(18)3/h5-12H,4H2,1-3H3,(H,20,22). The number of aryl methyl sites for hydroxylation is 2. The molecule has 2 aromatic carbocycles. The Kier molecular flexibility index (Phi) is 4.06. The van der Waals surface area contributed by atoms with Gasteiger partial charge in [-0.05, 0) is 49.7 Å². The average molecular weight is 308 g/mol. The summed E-state index contributed by atoms with van der Waals surface area (Å²) in [5, 5.41) is 4.06. The number of amides is 1. The van der Waals surface area contributed by atoms with Gasteiger partial charge >= 0.3 is 0 Å². The molecular formula is C19H20N2O2. The Morgan fingerprint density at radius 1 is 1.13 bits per heavy atom. The second kappa shape index (κ2) is 6.16. The van der Waals surface area contributed by atoms with Crippen LogP contribution in [0.2, 0.25) is 0 Å². The fourth-order valence-corrected chi connectivity index (χ4v) is 2.90. The Morgan fingerprint density at radius 3 is 2.48 bits per heavy atom. The van der Waals surface area contributed by atoms with Crippen LogP contribution in [0.1, 0.15) is 23.0 Å². The molecule has 0 saturated carbocycles. The number of hydrogen-bond donors (Lipinski definition) is 1. The van der Waals surface area contributed by atoms with E-state index in [1.54, 1.807) is 0 Å². The molecule has 0 spiro atoms. The minimum atomic E-state index is -0.106. The van der Waals surface area contributed by atoms with Gasteiger partial charge in [0.2, 0.25) is 0 Å². The average Bonchev–Trinajstić information content (AvgIpc) is 2.81. The third-order valence-corrected chi connectivity index (χ3v) is 4.00. The van der Waals surface area contributed by atoms with Gasteiger partial charge in [0, 0.05) is 23.6 Å². The molecule has 4 heteroatoms. The Balaban J connectivity index is 1.89. The van der Waals surface area contributed by atoms with Gasteiger partial charge in [-0.15, -0.1) is 0 Å². The third kappa shape index (κ3) is 2.80. The lowest BCUT2D eigenvalue weighted by Crippen LogP contribution is -2.16. The SMILES string of the molecule is CCOc1ccc(NC(=O)c2c(C)c3ccccc3n2C)cc1. The number of benzene rings is 2. The molecule has 0 saturated heterocycles. The zero-order chi connectivity index (χ0) is 16.4. The van der Waals surface area contributed by atoms with Crippen molar-refractivity contribution in [1.29, 1.82) is 0 Å². The quantitative estimate of drug-likeness (QED) is 0.787. The highest BCUT2D eigenvalue weighted by Gasteiger charge is 2.18. The summed E-state index contributed by atoms with van der Waals surface area (Å²) in [7, 11) is 1.92. The molecule has 0 unspecified atom stereocenters. The van der Waals surface area contributed by atoms with Crippen LogP contribution in [-0.2, 0) is 7.05 Å². The maximum atomic E-state index is 12.7. The number of anilines is 1. The van der Waals surface area contributed by atoms with Crippen LogP contribution in [0.5, 0.6) is 5.75 Å². The van der Waals surface area contributed by atoms with Crippen LogP contribution < -0.4 is 10.1 Å². The van der Waals surface area contributed by atoms with Crippen molar-refractivity contribution in [1.82, 2.24) is 4.57 Å². The highest BCUT2D eigenvalue weighted by Crippen LogP contribution is 2.25. The summed E-state index contributed by atoms with van der Waals surface area (Å²) in [5.41, 5.74) is 3.48. The smallest absolute Gasteiger partial charge is 0.272 e. The number of hydrogen-bond acceptors (Lipinski definition) is 2. The molecule has 3 rings (SSSR count). The lowest BCUT2D eigenvalue weighted by molar-refractivity contribution is 0.101. The maximum Gasteiger partial charge on any atom is 0.272 e. The van der Waals surface area contributed by atoms with Gasteiger partial charge in [-0.25, -0.2) is 0 Å². The summed E-state index contributed by atoms with van der Waals surface area (Å²) < 4.78 is 7.35. The van der Waals surface area contributed by atoms with Crippen LogP contribution in [0, 0.1) is 6.92 Å². The summed E-state index contributed by atoms with van der Waals surface area (Å²) in [4.78, 5) is 12.7. The summed E-state index contributed by atoms with van der Waals surface area (Å²) >= 11 is 0. The van der Waals surface area contributed by atoms with Crippen molar-refractivity contribution in [2.75, 3.05) is 11.9 Å². The largest absolute Gasteiger partial charge is 0.494 e. The Hall–Kier alpha value is -2.75.